The van der Waals surface area contributed by atoms with Gasteiger partial charge in [0.1, 0.15) is 5.82 Å². The smallest absolute Gasteiger partial charge is 0.158 e. The topological polar surface area (TPSA) is 17.4 Å². The highest BCUT2D eigenvalue weighted by atomic mass is 19.1. The van der Waals surface area contributed by atoms with E-state index >= 15 is 0 Å². The first kappa shape index (κ1) is 15.0. The highest BCUT2D eigenvalue weighted by Crippen LogP contribution is 2.32. The van der Waals surface area contributed by atoms with Crippen LogP contribution in [0.4, 0.5) is 10.1 Å². The molecule has 1 saturated heterocycles. The van der Waals surface area contributed by atoms with Crippen molar-refractivity contribution in [2.45, 2.75) is 13.2 Å². The van der Waals surface area contributed by atoms with Gasteiger partial charge in [-0.3, -0.25) is 0 Å². The molecule has 1 aliphatic rings. The molecule has 0 saturated carbocycles. The monoisotopic (exact) mass is 322 g/mol. The van der Waals surface area contributed by atoms with Crippen LogP contribution >= 0.6 is 0 Å². The van der Waals surface area contributed by atoms with Gasteiger partial charge in [-0.2, -0.15) is 0 Å². The van der Waals surface area contributed by atoms with E-state index in [1.54, 1.807) is 12.1 Å². The Kier molecular flexibility index (Phi) is 3.82. The molecule has 2 heterocycles. The molecule has 2 aromatic carbocycles. The zero-order valence-corrected chi connectivity index (χ0v) is 13.5. The van der Waals surface area contributed by atoms with Crippen molar-refractivity contribution in [1.29, 1.82) is 0 Å². The van der Waals surface area contributed by atoms with E-state index in [9.17, 15) is 4.39 Å². The van der Waals surface area contributed by atoms with Gasteiger partial charge in [0.05, 0.1) is 6.61 Å². The van der Waals surface area contributed by atoms with Crippen molar-refractivity contribution in [2.24, 2.45) is 0 Å². The van der Waals surface area contributed by atoms with Gasteiger partial charge in [0, 0.05) is 35.9 Å². The van der Waals surface area contributed by atoms with Crippen LogP contribution in [0.15, 0.2) is 67.0 Å². The normalized spacial score (nSPS) is 17.4. The van der Waals surface area contributed by atoms with Gasteiger partial charge in [0.15, 0.2) is 6.23 Å². The van der Waals surface area contributed by atoms with Gasteiger partial charge >= 0.3 is 0 Å². The van der Waals surface area contributed by atoms with Crippen molar-refractivity contribution < 1.29 is 9.13 Å². The minimum absolute atomic E-state index is 0.137. The number of benzene rings is 2. The molecule has 0 N–H and O–H groups in total. The summed E-state index contributed by atoms with van der Waals surface area (Å²) in [5, 5.41) is 0. The van der Waals surface area contributed by atoms with Gasteiger partial charge in [0.25, 0.3) is 0 Å². The van der Waals surface area contributed by atoms with Crippen LogP contribution in [0.2, 0.25) is 0 Å². The van der Waals surface area contributed by atoms with E-state index in [4.69, 9.17) is 4.74 Å². The number of rotatable bonds is 3. The molecular weight excluding hydrogens is 303 g/mol. The fourth-order valence-corrected chi connectivity index (χ4v) is 3.08. The van der Waals surface area contributed by atoms with E-state index in [0.29, 0.717) is 6.61 Å². The quantitative estimate of drug-likeness (QED) is 0.708. The molecule has 4 rings (SSSR count). The van der Waals surface area contributed by atoms with E-state index in [1.165, 1.54) is 17.7 Å². The summed E-state index contributed by atoms with van der Waals surface area (Å²) >= 11 is 0. The second-order valence-corrected chi connectivity index (χ2v) is 6.08. The van der Waals surface area contributed by atoms with Gasteiger partial charge < -0.3 is 14.2 Å². The average molecular weight is 322 g/mol. The predicted octanol–water partition coefficient (Wildman–Crippen LogP) is 4.46. The van der Waals surface area contributed by atoms with Crippen LogP contribution in [0.3, 0.4) is 0 Å². The van der Waals surface area contributed by atoms with Crippen LogP contribution in [0.25, 0.3) is 5.69 Å². The van der Waals surface area contributed by atoms with Crippen molar-refractivity contribution in [1.82, 2.24) is 4.57 Å². The van der Waals surface area contributed by atoms with Crippen molar-refractivity contribution >= 4 is 5.69 Å². The van der Waals surface area contributed by atoms with Crippen LogP contribution in [0.5, 0.6) is 0 Å². The average Bonchev–Trinajstić information content (AvgIpc) is 3.25. The maximum Gasteiger partial charge on any atom is 0.158 e. The third-order valence-corrected chi connectivity index (χ3v) is 4.38. The zero-order chi connectivity index (χ0) is 16.5. The van der Waals surface area contributed by atoms with Crippen molar-refractivity contribution in [3.05, 3.63) is 83.9 Å². The maximum absolute atomic E-state index is 13.2. The van der Waals surface area contributed by atoms with E-state index in [1.807, 2.05) is 6.20 Å². The minimum Gasteiger partial charge on any atom is -0.352 e. The molecule has 0 bridgehead atoms. The Morgan fingerprint density at radius 1 is 0.958 bits per heavy atom. The number of anilines is 1. The molecule has 24 heavy (non-hydrogen) atoms. The number of halogens is 1. The first-order valence-corrected chi connectivity index (χ1v) is 8.09. The van der Waals surface area contributed by atoms with Crippen LogP contribution in [-0.4, -0.2) is 17.7 Å². The molecule has 0 amide bonds. The lowest BCUT2D eigenvalue weighted by Gasteiger charge is -2.24. The molecular formula is C20H19FN2O. The highest BCUT2D eigenvalue weighted by molar-refractivity contribution is 5.49. The Hall–Kier alpha value is -2.59. The summed E-state index contributed by atoms with van der Waals surface area (Å²) in [6.45, 7) is 3.54. The lowest BCUT2D eigenvalue weighted by Crippen LogP contribution is -2.22. The summed E-state index contributed by atoms with van der Waals surface area (Å²) in [6, 6.07) is 17.1. The van der Waals surface area contributed by atoms with Crippen molar-refractivity contribution in [3.63, 3.8) is 0 Å². The van der Waals surface area contributed by atoms with Gasteiger partial charge in [-0.05, 0) is 49.4 Å². The number of hydrogen-bond acceptors (Lipinski definition) is 2. The molecule has 0 radical (unpaired) electrons. The number of aryl methyl sites for hydroxylation is 1. The van der Waals surface area contributed by atoms with Gasteiger partial charge in [0.2, 0.25) is 0 Å². The summed E-state index contributed by atoms with van der Waals surface area (Å²) in [6.07, 6.45) is 4.00. The molecule has 122 valence electrons. The van der Waals surface area contributed by atoms with Crippen LogP contribution < -0.4 is 4.90 Å². The molecule has 4 heteroatoms. The molecule has 0 spiro atoms. The molecule has 3 aromatic rings. The third kappa shape index (κ3) is 2.81. The van der Waals surface area contributed by atoms with E-state index in [0.717, 1.165) is 23.5 Å². The predicted molar refractivity (Wildman–Crippen MR) is 92.9 cm³/mol. The largest absolute Gasteiger partial charge is 0.352 e. The lowest BCUT2D eigenvalue weighted by molar-refractivity contribution is 0.114. The minimum atomic E-state index is -0.221. The lowest BCUT2D eigenvalue weighted by atomic mass is 10.2. The highest BCUT2D eigenvalue weighted by Gasteiger charge is 2.27. The zero-order valence-electron chi connectivity index (χ0n) is 13.5. The molecule has 1 aliphatic heterocycles. The van der Waals surface area contributed by atoms with Gasteiger partial charge in [-0.1, -0.05) is 17.7 Å². The van der Waals surface area contributed by atoms with Gasteiger partial charge in [-0.15, -0.1) is 0 Å². The number of hydrogen-bond donors (Lipinski definition) is 0. The SMILES string of the molecule is Cc1ccc(-n2ccc([C@@H]3OCCN3c3ccc(F)cc3)c2)cc1. The summed E-state index contributed by atoms with van der Waals surface area (Å²) < 4.78 is 21.2. The number of aromatic nitrogens is 1. The first-order valence-electron chi connectivity index (χ1n) is 8.09. The van der Waals surface area contributed by atoms with Crippen LogP contribution in [-0.2, 0) is 4.74 Å². The second-order valence-electron chi connectivity index (χ2n) is 6.08. The first-order chi connectivity index (χ1) is 11.7. The molecule has 1 fully saturated rings. The molecule has 0 aliphatic carbocycles. The summed E-state index contributed by atoms with van der Waals surface area (Å²) in [5.74, 6) is -0.221. The fraction of sp³-hybridized carbons (Fsp3) is 0.200. The number of nitrogens with zero attached hydrogens (tertiary/aromatic N) is 2. The van der Waals surface area contributed by atoms with E-state index in [2.05, 4.69) is 52.9 Å². The van der Waals surface area contributed by atoms with Crippen molar-refractivity contribution in [2.75, 3.05) is 18.1 Å². The molecule has 1 aromatic heterocycles. The Balaban J connectivity index is 1.61. The van der Waals surface area contributed by atoms with E-state index < -0.39 is 0 Å². The molecule has 3 nitrogen and oxygen atoms in total. The Morgan fingerprint density at radius 3 is 2.42 bits per heavy atom. The Labute approximate surface area is 140 Å². The van der Waals surface area contributed by atoms with Gasteiger partial charge in [-0.25, -0.2) is 4.39 Å². The van der Waals surface area contributed by atoms with Crippen molar-refractivity contribution in [3.8, 4) is 5.69 Å². The maximum atomic E-state index is 13.2. The third-order valence-electron chi connectivity index (χ3n) is 4.38. The summed E-state index contributed by atoms with van der Waals surface area (Å²) in [5.41, 5.74) is 4.44. The van der Waals surface area contributed by atoms with E-state index in [-0.39, 0.29) is 12.0 Å². The summed E-state index contributed by atoms with van der Waals surface area (Å²) in [4.78, 5) is 2.16. The molecule has 1 atom stereocenters. The Bertz CT molecular complexity index is 824. The second kappa shape index (κ2) is 6.13. The number of ether oxygens (including phenoxy) is 1. The fourth-order valence-electron chi connectivity index (χ4n) is 3.08. The standard InChI is InChI=1S/C20H19FN2O/c1-15-2-6-18(7-3-15)22-11-10-16(14-22)20-23(12-13-24-20)19-8-4-17(21)5-9-19/h2-11,14,20H,12-13H2,1H3/t20-/m0/s1. The van der Waals surface area contributed by atoms with Crippen LogP contribution in [0, 0.1) is 12.7 Å². The summed E-state index contributed by atoms with van der Waals surface area (Å²) in [7, 11) is 0. The van der Waals surface area contributed by atoms with Crippen LogP contribution in [0.1, 0.15) is 17.4 Å². The Morgan fingerprint density at radius 2 is 1.67 bits per heavy atom. The molecule has 0 unspecified atom stereocenters.